The van der Waals surface area contributed by atoms with Gasteiger partial charge in [0.05, 0.1) is 5.69 Å². The number of thiazole rings is 1. The molecule has 1 aromatic heterocycles. The Morgan fingerprint density at radius 1 is 1.64 bits per heavy atom. The van der Waals surface area contributed by atoms with E-state index in [1.807, 2.05) is 5.38 Å². The predicted molar refractivity (Wildman–Crippen MR) is 60.5 cm³/mol. The average Bonchev–Trinajstić information content (AvgIpc) is 2.49. The third kappa shape index (κ3) is 2.25. The van der Waals surface area contributed by atoms with Crippen molar-refractivity contribution in [2.45, 2.75) is 38.1 Å². The lowest BCUT2D eigenvalue weighted by Gasteiger charge is -2.39. The van der Waals surface area contributed by atoms with Crippen LogP contribution in [0.5, 0.6) is 0 Å². The molecule has 0 spiro atoms. The number of nitrogens with two attached hydrogens (primary N) is 1. The highest BCUT2D eigenvalue weighted by Gasteiger charge is 2.30. The maximum absolute atomic E-state index is 5.56. The first-order valence-electron chi connectivity index (χ1n) is 5.13. The van der Waals surface area contributed by atoms with E-state index in [1.54, 1.807) is 0 Å². The first kappa shape index (κ1) is 9.93. The monoisotopic (exact) mass is 211 g/mol. The molecular formula is C10H17N3S. The highest BCUT2D eigenvalue weighted by atomic mass is 32.1. The van der Waals surface area contributed by atoms with Gasteiger partial charge in [0.1, 0.15) is 0 Å². The van der Waals surface area contributed by atoms with Crippen molar-refractivity contribution in [2.24, 2.45) is 0 Å². The number of nitrogens with one attached hydrogen (secondary N) is 1. The molecule has 0 aliphatic heterocycles. The van der Waals surface area contributed by atoms with Crippen molar-refractivity contribution in [2.75, 3.05) is 12.3 Å². The predicted octanol–water partition coefficient (Wildman–Crippen LogP) is 1.80. The second-order valence-corrected chi connectivity index (χ2v) is 5.16. The molecule has 3 nitrogen and oxygen atoms in total. The van der Waals surface area contributed by atoms with Crippen LogP contribution in [0.15, 0.2) is 5.38 Å². The first-order valence-corrected chi connectivity index (χ1v) is 6.01. The van der Waals surface area contributed by atoms with Crippen LogP contribution in [0.4, 0.5) is 5.13 Å². The van der Waals surface area contributed by atoms with Crippen molar-refractivity contribution < 1.29 is 0 Å². The molecule has 1 aromatic rings. The smallest absolute Gasteiger partial charge is 0.180 e. The Morgan fingerprint density at radius 2 is 2.43 bits per heavy atom. The molecule has 1 aliphatic carbocycles. The fourth-order valence-corrected chi connectivity index (χ4v) is 2.41. The fraction of sp³-hybridized carbons (Fsp3) is 0.700. The van der Waals surface area contributed by atoms with Crippen LogP contribution in [0.25, 0.3) is 0 Å². The Hall–Kier alpha value is -0.610. The van der Waals surface area contributed by atoms with Crippen molar-refractivity contribution in [1.82, 2.24) is 10.3 Å². The highest BCUT2D eigenvalue weighted by Crippen LogP contribution is 2.30. The van der Waals surface area contributed by atoms with Crippen LogP contribution in [0.1, 0.15) is 31.9 Å². The molecule has 1 fully saturated rings. The zero-order valence-corrected chi connectivity index (χ0v) is 9.36. The lowest BCUT2D eigenvalue weighted by atomic mass is 9.78. The van der Waals surface area contributed by atoms with Gasteiger partial charge < -0.3 is 11.1 Å². The van der Waals surface area contributed by atoms with Gasteiger partial charge in [-0.05, 0) is 26.2 Å². The van der Waals surface area contributed by atoms with Gasteiger partial charge in [-0.3, -0.25) is 0 Å². The molecule has 1 saturated carbocycles. The summed E-state index contributed by atoms with van der Waals surface area (Å²) in [5, 5.41) is 6.29. The maximum Gasteiger partial charge on any atom is 0.180 e. The third-order valence-electron chi connectivity index (χ3n) is 2.96. The number of hydrogen-bond donors (Lipinski definition) is 2. The molecule has 1 aliphatic rings. The van der Waals surface area contributed by atoms with Crippen LogP contribution in [-0.2, 0) is 6.42 Å². The van der Waals surface area contributed by atoms with E-state index in [2.05, 4.69) is 17.2 Å². The Morgan fingerprint density at radius 3 is 2.93 bits per heavy atom. The summed E-state index contributed by atoms with van der Waals surface area (Å²) >= 11 is 1.52. The van der Waals surface area contributed by atoms with E-state index in [4.69, 9.17) is 5.73 Å². The van der Waals surface area contributed by atoms with Crippen molar-refractivity contribution >= 4 is 16.5 Å². The molecule has 0 bridgehead atoms. The first-order chi connectivity index (χ1) is 6.68. The maximum atomic E-state index is 5.56. The molecule has 0 unspecified atom stereocenters. The topological polar surface area (TPSA) is 50.9 Å². The van der Waals surface area contributed by atoms with E-state index in [1.165, 1.54) is 30.6 Å². The Bertz CT molecular complexity index is 304. The number of nitrogen functional groups attached to an aromatic ring is 1. The lowest BCUT2D eigenvalue weighted by molar-refractivity contribution is 0.210. The minimum atomic E-state index is 0.404. The second-order valence-electron chi connectivity index (χ2n) is 4.27. The van der Waals surface area contributed by atoms with Gasteiger partial charge in [0.15, 0.2) is 5.13 Å². The lowest BCUT2D eigenvalue weighted by Crippen LogP contribution is -2.48. The molecule has 0 radical (unpaired) electrons. The van der Waals surface area contributed by atoms with Gasteiger partial charge in [0, 0.05) is 23.9 Å². The molecule has 1 heterocycles. The summed E-state index contributed by atoms with van der Waals surface area (Å²) in [4.78, 5) is 4.23. The molecule has 4 heteroatoms. The zero-order chi connectivity index (χ0) is 10.0. The summed E-state index contributed by atoms with van der Waals surface area (Å²) in [7, 11) is 0. The van der Waals surface area contributed by atoms with Gasteiger partial charge in [-0.25, -0.2) is 4.98 Å². The van der Waals surface area contributed by atoms with Crippen LogP contribution in [0.3, 0.4) is 0 Å². The number of rotatable bonds is 4. The average molecular weight is 211 g/mol. The molecule has 78 valence electrons. The minimum Gasteiger partial charge on any atom is -0.375 e. The van der Waals surface area contributed by atoms with Crippen molar-refractivity contribution in [3.05, 3.63) is 11.1 Å². The molecule has 0 atom stereocenters. The van der Waals surface area contributed by atoms with Crippen LogP contribution < -0.4 is 11.1 Å². The van der Waals surface area contributed by atoms with Gasteiger partial charge >= 0.3 is 0 Å². The zero-order valence-electron chi connectivity index (χ0n) is 8.55. The standard InChI is InChI=1S/C10H17N3S/c1-10(4-2-5-10)12-6-3-8-7-14-9(11)13-8/h7,12H,2-6H2,1H3,(H2,11,13). The van der Waals surface area contributed by atoms with Crippen molar-refractivity contribution in [3.63, 3.8) is 0 Å². The van der Waals surface area contributed by atoms with E-state index >= 15 is 0 Å². The SMILES string of the molecule is CC1(NCCc2csc(N)n2)CCC1. The Kier molecular flexibility index (Phi) is 2.74. The quantitative estimate of drug-likeness (QED) is 0.798. The normalized spacial score (nSPS) is 19.2. The van der Waals surface area contributed by atoms with Crippen molar-refractivity contribution in [1.29, 1.82) is 0 Å². The largest absolute Gasteiger partial charge is 0.375 e. The molecule has 0 saturated heterocycles. The summed E-state index contributed by atoms with van der Waals surface area (Å²) in [6.07, 6.45) is 4.98. The van der Waals surface area contributed by atoms with Gasteiger partial charge in [-0.2, -0.15) is 0 Å². The number of hydrogen-bond acceptors (Lipinski definition) is 4. The van der Waals surface area contributed by atoms with Crippen LogP contribution in [0, 0.1) is 0 Å². The summed E-state index contributed by atoms with van der Waals surface area (Å²) < 4.78 is 0. The van der Waals surface area contributed by atoms with Gasteiger partial charge in [-0.15, -0.1) is 11.3 Å². The van der Waals surface area contributed by atoms with Crippen LogP contribution in [-0.4, -0.2) is 17.1 Å². The van der Waals surface area contributed by atoms with E-state index < -0.39 is 0 Å². The minimum absolute atomic E-state index is 0.404. The molecular weight excluding hydrogens is 194 g/mol. The second kappa shape index (κ2) is 3.87. The van der Waals surface area contributed by atoms with E-state index in [0.29, 0.717) is 10.7 Å². The van der Waals surface area contributed by atoms with E-state index in [9.17, 15) is 0 Å². The molecule has 3 N–H and O–H groups in total. The Balaban J connectivity index is 1.72. The molecule has 0 amide bonds. The molecule has 14 heavy (non-hydrogen) atoms. The van der Waals surface area contributed by atoms with Gasteiger partial charge in [0.25, 0.3) is 0 Å². The van der Waals surface area contributed by atoms with Gasteiger partial charge in [0.2, 0.25) is 0 Å². The highest BCUT2D eigenvalue weighted by molar-refractivity contribution is 7.13. The third-order valence-corrected chi connectivity index (χ3v) is 3.68. The summed E-state index contributed by atoms with van der Waals surface area (Å²) in [5.74, 6) is 0. The number of nitrogens with zero attached hydrogens (tertiary/aromatic N) is 1. The summed E-state index contributed by atoms with van der Waals surface area (Å²) in [5.41, 5.74) is 7.08. The Labute approximate surface area is 88.7 Å². The molecule has 0 aromatic carbocycles. The number of aromatic nitrogens is 1. The van der Waals surface area contributed by atoms with Crippen molar-refractivity contribution in [3.8, 4) is 0 Å². The summed E-state index contributed by atoms with van der Waals surface area (Å²) in [6.45, 7) is 3.31. The number of anilines is 1. The van der Waals surface area contributed by atoms with E-state index in [0.717, 1.165) is 18.7 Å². The summed E-state index contributed by atoms with van der Waals surface area (Å²) in [6, 6.07) is 0. The van der Waals surface area contributed by atoms with Crippen LogP contribution >= 0.6 is 11.3 Å². The molecule has 2 rings (SSSR count). The van der Waals surface area contributed by atoms with Gasteiger partial charge in [-0.1, -0.05) is 0 Å². The van der Waals surface area contributed by atoms with E-state index in [-0.39, 0.29) is 0 Å². The fourth-order valence-electron chi connectivity index (χ4n) is 1.81. The van der Waals surface area contributed by atoms with Crippen LogP contribution in [0.2, 0.25) is 0 Å².